The molecule has 1 aromatic rings. The van der Waals surface area contributed by atoms with Gasteiger partial charge in [0.15, 0.2) is 0 Å². The molecule has 0 aromatic heterocycles. The number of likely N-dealkylation sites (N-methyl/N-ethyl adjacent to an activating group) is 2. The van der Waals surface area contributed by atoms with E-state index >= 15 is 0 Å². The molecule has 0 saturated heterocycles. The number of hydrogen-bond acceptors (Lipinski definition) is 4. The topological polar surface area (TPSA) is 92.5 Å². The quantitative estimate of drug-likeness (QED) is 0.806. The van der Waals surface area contributed by atoms with Crippen molar-refractivity contribution in [2.45, 2.75) is 4.90 Å². The number of carbonyl (C=O) groups is 1. The first kappa shape index (κ1) is 16.0. The standard InChI is InChI=1S/C10H13Cl2N3O3S/c1-14-9(16)5-15(2)19(17,18)10-7(12)3-6(11)4-8(10)13/h3-4H,5,13H2,1-2H3,(H,14,16). The molecule has 106 valence electrons. The summed E-state index contributed by atoms with van der Waals surface area (Å²) >= 11 is 11.6. The van der Waals surface area contributed by atoms with Gasteiger partial charge in [-0.05, 0) is 12.1 Å². The molecule has 0 saturated carbocycles. The molecule has 3 N–H and O–H groups in total. The number of nitrogens with two attached hydrogens (primary N) is 1. The predicted molar refractivity (Wildman–Crippen MR) is 74.8 cm³/mol. The van der Waals surface area contributed by atoms with E-state index in [-0.39, 0.29) is 27.2 Å². The molecule has 0 aliphatic heterocycles. The van der Waals surface area contributed by atoms with E-state index in [9.17, 15) is 13.2 Å². The summed E-state index contributed by atoms with van der Waals surface area (Å²) in [5, 5.41) is 2.47. The molecular weight excluding hydrogens is 313 g/mol. The number of anilines is 1. The van der Waals surface area contributed by atoms with Gasteiger partial charge in [0.2, 0.25) is 15.9 Å². The largest absolute Gasteiger partial charge is 0.398 e. The van der Waals surface area contributed by atoms with Crippen molar-refractivity contribution in [2.24, 2.45) is 0 Å². The fourth-order valence-electron chi connectivity index (χ4n) is 1.37. The summed E-state index contributed by atoms with van der Waals surface area (Å²) in [5.41, 5.74) is 5.57. The molecular formula is C10H13Cl2N3O3S. The van der Waals surface area contributed by atoms with Crippen LogP contribution in [0.4, 0.5) is 5.69 Å². The molecule has 0 radical (unpaired) electrons. The first-order valence-corrected chi connectivity index (χ1v) is 7.31. The fourth-order valence-corrected chi connectivity index (χ4v) is 3.44. The van der Waals surface area contributed by atoms with Crippen molar-refractivity contribution in [3.8, 4) is 0 Å². The lowest BCUT2D eigenvalue weighted by molar-refractivity contribution is -0.120. The van der Waals surface area contributed by atoms with Crippen LogP contribution in [0.2, 0.25) is 10.0 Å². The first-order chi connectivity index (χ1) is 8.70. The van der Waals surface area contributed by atoms with E-state index < -0.39 is 15.9 Å². The summed E-state index contributed by atoms with van der Waals surface area (Å²) in [5.74, 6) is -0.449. The Hall–Kier alpha value is -1.02. The highest BCUT2D eigenvalue weighted by atomic mass is 35.5. The van der Waals surface area contributed by atoms with Crippen molar-refractivity contribution >= 4 is 44.8 Å². The van der Waals surface area contributed by atoms with Crippen molar-refractivity contribution in [3.05, 3.63) is 22.2 Å². The van der Waals surface area contributed by atoms with Crippen LogP contribution in [0.25, 0.3) is 0 Å². The Labute approximate surface area is 121 Å². The smallest absolute Gasteiger partial charge is 0.246 e. The van der Waals surface area contributed by atoms with Gasteiger partial charge in [-0.2, -0.15) is 4.31 Å². The van der Waals surface area contributed by atoms with E-state index in [4.69, 9.17) is 28.9 Å². The van der Waals surface area contributed by atoms with Crippen molar-refractivity contribution in [3.63, 3.8) is 0 Å². The van der Waals surface area contributed by atoms with Gasteiger partial charge in [0, 0.05) is 19.1 Å². The average molecular weight is 326 g/mol. The molecule has 0 aliphatic rings. The zero-order chi connectivity index (χ0) is 14.8. The number of nitrogen functional groups attached to an aromatic ring is 1. The Balaban J connectivity index is 3.24. The van der Waals surface area contributed by atoms with E-state index in [2.05, 4.69) is 5.32 Å². The van der Waals surface area contributed by atoms with Crippen LogP contribution in [0.15, 0.2) is 17.0 Å². The highest BCUT2D eigenvalue weighted by Crippen LogP contribution is 2.32. The molecule has 1 rings (SSSR count). The molecule has 0 heterocycles. The van der Waals surface area contributed by atoms with Crippen molar-refractivity contribution < 1.29 is 13.2 Å². The number of amides is 1. The Morgan fingerprint density at radius 1 is 1.42 bits per heavy atom. The number of hydrogen-bond donors (Lipinski definition) is 2. The fraction of sp³-hybridized carbons (Fsp3) is 0.300. The summed E-state index contributed by atoms with van der Waals surface area (Å²) in [6, 6.07) is 2.56. The second-order valence-corrected chi connectivity index (χ2v) is 6.57. The minimum atomic E-state index is -3.97. The number of halogens is 2. The van der Waals surface area contributed by atoms with Crippen LogP contribution in [0, 0.1) is 0 Å². The third-order valence-corrected chi connectivity index (χ3v) is 4.90. The molecule has 9 heteroatoms. The van der Waals surface area contributed by atoms with E-state index in [1.807, 2.05) is 0 Å². The summed E-state index contributed by atoms with van der Waals surface area (Å²) in [4.78, 5) is 11.0. The van der Waals surface area contributed by atoms with Crippen LogP contribution in [-0.2, 0) is 14.8 Å². The molecule has 1 amide bonds. The van der Waals surface area contributed by atoms with Gasteiger partial charge >= 0.3 is 0 Å². The summed E-state index contributed by atoms with van der Waals surface area (Å²) < 4.78 is 25.4. The number of sulfonamides is 1. The third kappa shape index (κ3) is 3.50. The van der Waals surface area contributed by atoms with Gasteiger partial charge in [-0.15, -0.1) is 0 Å². The highest BCUT2D eigenvalue weighted by Gasteiger charge is 2.27. The molecule has 0 atom stereocenters. The lowest BCUT2D eigenvalue weighted by Crippen LogP contribution is -2.37. The third-order valence-electron chi connectivity index (χ3n) is 2.35. The molecule has 0 aliphatic carbocycles. The monoisotopic (exact) mass is 325 g/mol. The number of rotatable bonds is 4. The molecule has 0 spiro atoms. The van der Waals surface area contributed by atoms with E-state index in [1.165, 1.54) is 26.2 Å². The van der Waals surface area contributed by atoms with E-state index in [1.54, 1.807) is 0 Å². The van der Waals surface area contributed by atoms with Crippen LogP contribution in [0.5, 0.6) is 0 Å². The van der Waals surface area contributed by atoms with Gasteiger partial charge in [0.1, 0.15) is 4.90 Å². The van der Waals surface area contributed by atoms with E-state index in [0.717, 1.165) is 4.31 Å². The van der Waals surface area contributed by atoms with Gasteiger partial charge in [-0.25, -0.2) is 8.42 Å². The minimum Gasteiger partial charge on any atom is -0.398 e. The molecule has 19 heavy (non-hydrogen) atoms. The number of benzene rings is 1. The van der Waals surface area contributed by atoms with Gasteiger partial charge in [0.25, 0.3) is 0 Å². The van der Waals surface area contributed by atoms with Crippen LogP contribution in [0.3, 0.4) is 0 Å². The normalized spacial score (nSPS) is 11.6. The van der Waals surface area contributed by atoms with Gasteiger partial charge < -0.3 is 11.1 Å². The second-order valence-electron chi connectivity index (χ2n) is 3.74. The minimum absolute atomic E-state index is 0.0683. The molecule has 0 bridgehead atoms. The Kier molecular flexibility index (Phi) is 5.03. The Morgan fingerprint density at radius 2 is 2.00 bits per heavy atom. The lowest BCUT2D eigenvalue weighted by atomic mass is 10.3. The molecule has 1 aromatic carbocycles. The lowest BCUT2D eigenvalue weighted by Gasteiger charge is -2.18. The predicted octanol–water partition coefficient (Wildman–Crippen LogP) is 0.942. The summed E-state index contributed by atoms with van der Waals surface area (Å²) in [6.07, 6.45) is 0. The SMILES string of the molecule is CNC(=O)CN(C)S(=O)(=O)c1c(N)cc(Cl)cc1Cl. The van der Waals surface area contributed by atoms with Crippen LogP contribution in [0.1, 0.15) is 0 Å². The number of nitrogens with zero attached hydrogens (tertiary/aromatic N) is 1. The number of carbonyl (C=O) groups excluding carboxylic acids is 1. The molecule has 6 nitrogen and oxygen atoms in total. The maximum atomic E-state index is 12.3. The maximum absolute atomic E-state index is 12.3. The van der Waals surface area contributed by atoms with Gasteiger partial charge in [0.05, 0.1) is 17.3 Å². The first-order valence-electron chi connectivity index (χ1n) is 5.11. The van der Waals surface area contributed by atoms with Crippen molar-refractivity contribution in [1.82, 2.24) is 9.62 Å². The average Bonchev–Trinajstić information content (AvgIpc) is 2.26. The van der Waals surface area contributed by atoms with Crippen LogP contribution in [-0.4, -0.2) is 39.3 Å². The summed E-state index contributed by atoms with van der Waals surface area (Å²) in [6.45, 7) is -0.336. The van der Waals surface area contributed by atoms with Crippen molar-refractivity contribution in [2.75, 3.05) is 26.4 Å². The maximum Gasteiger partial charge on any atom is 0.246 e. The van der Waals surface area contributed by atoms with E-state index in [0.29, 0.717) is 0 Å². The Bertz CT molecular complexity index is 581. The zero-order valence-corrected chi connectivity index (χ0v) is 12.6. The summed E-state index contributed by atoms with van der Waals surface area (Å²) in [7, 11) is -1.30. The molecule has 0 fully saturated rings. The number of nitrogens with one attached hydrogen (secondary N) is 1. The van der Waals surface area contributed by atoms with Crippen molar-refractivity contribution in [1.29, 1.82) is 0 Å². The van der Waals surface area contributed by atoms with Gasteiger partial charge in [-0.1, -0.05) is 23.2 Å². The zero-order valence-electron chi connectivity index (χ0n) is 10.3. The molecule has 0 unspecified atom stereocenters. The second kappa shape index (κ2) is 5.96. The van der Waals surface area contributed by atoms with Gasteiger partial charge in [-0.3, -0.25) is 4.79 Å². The Morgan fingerprint density at radius 3 is 2.47 bits per heavy atom. The van der Waals surface area contributed by atoms with Crippen LogP contribution >= 0.6 is 23.2 Å². The highest BCUT2D eigenvalue weighted by molar-refractivity contribution is 7.89. The van der Waals surface area contributed by atoms with Crippen LogP contribution < -0.4 is 11.1 Å².